The van der Waals surface area contributed by atoms with E-state index in [1.165, 1.54) is 0 Å². The largest absolute Gasteiger partial charge is 0.497 e. The molecule has 6 nitrogen and oxygen atoms in total. The number of rotatable bonds is 11. The molecule has 3 N–H and O–H groups in total. The Kier molecular flexibility index (Phi) is 9.97. The van der Waals surface area contributed by atoms with Crippen molar-refractivity contribution in [2.24, 2.45) is 0 Å². The lowest BCUT2D eigenvalue weighted by molar-refractivity contribution is -0.129. The minimum absolute atomic E-state index is 0.151. The van der Waals surface area contributed by atoms with Crippen LogP contribution in [0.4, 0.5) is 0 Å². The molecule has 0 aliphatic carbocycles. The molecule has 160 valence electrons. The van der Waals surface area contributed by atoms with Gasteiger partial charge >= 0.3 is 0 Å². The summed E-state index contributed by atoms with van der Waals surface area (Å²) in [5.41, 5.74) is 3.95. The van der Waals surface area contributed by atoms with Crippen molar-refractivity contribution >= 4 is 35.2 Å². The summed E-state index contributed by atoms with van der Waals surface area (Å²) in [5.74, 6) is 0.188. The van der Waals surface area contributed by atoms with Gasteiger partial charge in [0, 0.05) is 23.4 Å². The SMILES string of the molecule is COc1ccc(/C(=C/c2ccc(SC)cc2)C(=O)NCCCCCC(=O)NO)cc1. The molecule has 0 fully saturated rings. The number of benzene rings is 2. The maximum absolute atomic E-state index is 12.9. The van der Waals surface area contributed by atoms with Crippen LogP contribution in [0.15, 0.2) is 53.4 Å². The molecule has 0 bridgehead atoms. The standard InChI is InChI=1S/C23H28N2O4S/c1-29-19-11-9-18(10-12-19)21(16-17-7-13-20(30-2)14-8-17)23(27)24-15-5-3-4-6-22(26)25-28/h7-14,16,28H,3-6,15H2,1-2H3,(H,24,27)(H,25,26)/b21-16-. The van der Waals surface area contributed by atoms with Gasteiger partial charge in [-0.1, -0.05) is 30.7 Å². The van der Waals surface area contributed by atoms with Crippen LogP contribution in [-0.4, -0.2) is 36.9 Å². The second kappa shape index (κ2) is 12.7. The molecule has 30 heavy (non-hydrogen) atoms. The van der Waals surface area contributed by atoms with E-state index in [-0.39, 0.29) is 12.3 Å². The van der Waals surface area contributed by atoms with E-state index in [2.05, 4.69) is 5.32 Å². The fraction of sp³-hybridized carbons (Fsp3) is 0.304. The average Bonchev–Trinajstić information content (AvgIpc) is 2.79. The van der Waals surface area contributed by atoms with Crippen LogP contribution in [-0.2, 0) is 9.59 Å². The van der Waals surface area contributed by atoms with Crippen LogP contribution >= 0.6 is 11.8 Å². The van der Waals surface area contributed by atoms with Crippen LogP contribution in [0, 0.1) is 0 Å². The quantitative estimate of drug-likeness (QED) is 0.125. The van der Waals surface area contributed by atoms with Gasteiger partial charge in [-0.2, -0.15) is 0 Å². The summed E-state index contributed by atoms with van der Waals surface area (Å²) >= 11 is 1.67. The summed E-state index contributed by atoms with van der Waals surface area (Å²) in [4.78, 5) is 25.1. The lowest BCUT2D eigenvalue weighted by atomic mass is 10.0. The van der Waals surface area contributed by atoms with Crippen LogP contribution in [0.5, 0.6) is 5.75 Å². The minimum Gasteiger partial charge on any atom is -0.497 e. The van der Waals surface area contributed by atoms with Crippen LogP contribution < -0.4 is 15.5 Å². The summed E-state index contributed by atoms with van der Waals surface area (Å²) in [6.07, 6.45) is 6.37. The maximum atomic E-state index is 12.9. The number of unbranched alkanes of at least 4 members (excludes halogenated alkanes) is 2. The van der Waals surface area contributed by atoms with Crippen LogP contribution in [0.25, 0.3) is 11.6 Å². The Morgan fingerprint density at radius 1 is 1.03 bits per heavy atom. The van der Waals surface area contributed by atoms with Gasteiger partial charge in [-0.15, -0.1) is 11.8 Å². The third kappa shape index (κ3) is 7.57. The Hall–Kier alpha value is -2.77. The van der Waals surface area contributed by atoms with Crippen molar-refractivity contribution in [1.82, 2.24) is 10.8 Å². The average molecular weight is 429 g/mol. The second-order valence-corrected chi connectivity index (χ2v) is 7.54. The highest BCUT2D eigenvalue weighted by molar-refractivity contribution is 7.98. The number of methoxy groups -OCH3 is 1. The number of carbonyl (C=O) groups is 2. The first kappa shape index (κ1) is 23.5. The van der Waals surface area contributed by atoms with Gasteiger partial charge in [-0.3, -0.25) is 14.8 Å². The molecule has 2 rings (SSSR count). The van der Waals surface area contributed by atoms with Crippen molar-refractivity contribution in [3.63, 3.8) is 0 Å². The van der Waals surface area contributed by atoms with E-state index in [1.807, 2.05) is 60.9 Å². The number of hydrogen-bond donors (Lipinski definition) is 3. The van der Waals surface area contributed by atoms with Crippen molar-refractivity contribution in [2.45, 2.75) is 30.6 Å². The molecular formula is C23H28N2O4S. The Balaban J connectivity index is 2.07. The van der Waals surface area contributed by atoms with Crippen molar-refractivity contribution in [1.29, 1.82) is 0 Å². The summed E-state index contributed by atoms with van der Waals surface area (Å²) in [5, 5.41) is 11.5. The molecule has 0 aliphatic rings. The van der Waals surface area contributed by atoms with E-state index in [4.69, 9.17) is 9.94 Å². The van der Waals surface area contributed by atoms with Gasteiger partial charge in [0.05, 0.1) is 7.11 Å². The van der Waals surface area contributed by atoms with Gasteiger partial charge in [-0.25, -0.2) is 5.48 Å². The number of hydroxylamine groups is 1. The van der Waals surface area contributed by atoms with Crippen molar-refractivity contribution < 1.29 is 19.5 Å². The molecule has 0 saturated heterocycles. The zero-order valence-corrected chi connectivity index (χ0v) is 18.1. The maximum Gasteiger partial charge on any atom is 0.251 e. The van der Waals surface area contributed by atoms with Gasteiger partial charge in [0.2, 0.25) is 5.91 Å². The molecule has 0 unspecified atom stereocenters. The van der Waals surface area contributed by atoms with E-state index >= 15 is 0 Å². The molecule has 2 aromatic rings. The number of nitrogens with one attached hydrogen (secondary N) is 2. The molecular weight excluding hydrogens is 400 g/mol. The topological polar surface area (TPSA) is 87.7 Å². The smallest absolute Gasteiger partial charge is 0.251 e. The molecule has 0 spiro atoms. The van der Waals surface area contributed by atoms with Crippen molar-refractivity contribution in [2.75, 3.05) is 19.9 Å². The van der Waals surface area contributed by atoms with Crippen LogP contribution in [0.3, 0.4) is 0 Å². The fourth-order valence-electron chi connectivity index (χ4n) is 2.86. The Morgan fingerprint density at radius 2 is 1.73 bits per heavy atom. The predicted octanol–water partition coefficient (Wildman–Crippen LogP) is 4.14. The first-order chi connectivity index (χ1) is 14.6. The van der Waals surface area contributed by atoms with Crippen molar-refractivity contribution in [3.05, 3.63) is 59.7 Å². The monoisotopic (exact) mass is 428 g/mol. The second-order valence-electron chi connectivity index (χ2n) is 6.66. The molecule has 7 heteroatoms. The summed E-state index contributed by atoms with van der Waals surface area (Å²) in [7, 11) is 1.61. The summed E-state index contributed by atoms with van der Waals surface area (Å²) < 4.78 is 5.21. The third-order valence-corrected chi connectivity index (χ3v) is 5.31. The zero-order chi connectivity index (χ0) is 21.8. The van der Waals surface area contributed by atoms with Gasteiger partial charge in [0.15, 0.2) is 0 Å². The first-order valence-corrected chi connectivity index (χ1v) is 11.0. The van der Waals surface area contributed by atoms with Crippen LogP contribution in [0.2, 0.25) is 0 Å². The Labute approximate surface area is 181 Å². The van der Waals surface area contributed by atoms with Gasteiger partial charge in [-0.05, 0) is 60.6 Å². The Bertz CT molecular complexity index is 849. The van der Waals surface area contributed by atoms with E-state index in [1.54, 1.807) is 24.4 Å². The fourth-order valence-corrected chi connectivity index (χ4v) is 3.27. The van der Waals surface area contributed by atoms with E-state index in [0.717, 1.165) is 34.6 Å². The van der Waals surface area contributed by atoms with Gasteiger partial charge in [0.25, 0.3) is 5.91 Å². The predicted molar refractivity (Wildman–Crippen MR) is 120 cm³/mol. The Morgan fingerprint density at radius 3 is 2.33 bits per heavy atom. The van der Waals surface area contributed by atoms with E-state index in [0.29, 0.717) is 18.5 Å². The first-order valence-electron chi connectivity index (χ1n) is 9.78. The third-order valence-electron chi connectivity index (χ3n) is 4.56. The summed E-state index contributed by atoms with van der Waals surface area (Å²) in [6, 6.07) is 15.5. The van der Waals surface area contributed by atoms with Gasteiger partial charge < -0.3 is 10.1 Å². The number of ether oxygens (including phenoxy) is 1. The highest BCUT2D eigenvalue weighted by Gasteiger charge is 2.12. The lowest BCUT2D eigenvalue weighted by Gasteiger charge is -2.11. The lowest BCUT2D eigenvalue weighted by Crippen LogP contribution is -2.25. The minimum atomic E-state index is -0.392. The summed E-state index contributed by atoms with van der Waals surface area (Å²) in [6.45, 7) is 0.512. The van der Waals surface area contributed by atoms with Crippen molar-refractivity contribution in [3.8, 4) is 5.75 Å². The molecule has 0 heterocycles. The molecule has 2 aromatic carbocycles. The normalized spacial score (nSPS) is 11.1. The number of thioether (sulfide) groups is 1. The van der Waals surface area contributed by atoms with Crippen LogP contribution in [0.1, 0.15) is 36.8 Å². The molecule has 0 saturated carbocycles. The highest BCUT2D eigenvalue weighted by Crippen LogP contribution is 2.23. The molecule has 0 atom stereocenters. The number of amides is 2. The van der Waals surface area contributed by atoms with Gasteiger partial charge in [0.1, 0.15) is 5.75 Å². The van der Waals surface area contributed by atoms with E-state index in [9.17, 15) is 9.59 Å². The van der Waals surface area contributed by atoms with E-state index < -0.39 is 5.91 Å². The molecule has 2 amide bonds. The number of hydrogen-bond acceptors (Lipinski definition) is 5. The highest BCUT2D eigenvalue weighted by atomic mass is 32.2. The molecule has 0 aromatic heterocycles. The molecule has 0 radical (unpaired) electrons. The molecule has 0 aliphatic heterocycles. The zero-order valence-electron chi connectivity index (χ0n) is 17.3. The number of carbonyl (C=O) groups excluding carboxylic acids is 2.